The van der Waals surface area contributed by atoms with Gasteiger partial charge in [-0.1, -0.05) is 18.2 Å². The third kappa shape index (κ3) is 3.66. The highest BCUT2D eigenvalue weighted by Crippen LogP contribution is 2.30. The Morgan fingerprint density at radius 2 is 1.90 bits per heavy atom. The molecule has 112 valence electrons. The van der Waals surface area contributed by atoms with Crippen molar-refractivity contribution in [3.8, 4) is 0 Å². The smallest absolute Gasteiger partial charge is 0.263 e. The number of halogens is 2. The summed E-state index contributed by atoms with van der Waals surface area (Å²) in [6.07, 6.45) is 0. The van der Waals surface area contributed by atoms with Gasteiger partial charge in [-0.25, -0.2) is 8.42 Å². The molecule has 0 spiro atoms. The molecule has 0 aliphatic rings. The van der Waals surface area contributed by atoms with Gasteiger partial charge in [0.25, 0.3) is 10.0 Å². The number of sulfonamides is 1. The van der Waals surface area contributed by atoms with Crippen molar-refractivity contribution in [2.45, 2.75) is 18.4 Å². The topological polar surface area (TPSA) is 72.2 Å². The fourth-order valence-corrected chi connectivity index (χ4v) is 4.51. The molecule has 7 heteroatoms. The second-order valence-electron chi connectivity index (χ2n) is 4.51. The number of hydrogen-bond acceptors (Lipinski definition) is 3. The minimum absolute atomic E-state index is 0.174. The van der Waals surface area contributed by atoms with E-state index >= 15 is 0 Å². The van der Waals surface area contributed by atoms with Crippen molar-refractivity contribution in [2.24, 2.45) is 5.73 Å². The Bertz CT molecular complexity index is 777. The van der Waals surface area contributed by atoms with Crippen LogP contribution in [0.4, 0.5) is 5.69 Å². The molecule has 0 fully saturated rings. The zero-order chi connectivity index (χ0) is 15.6. The van der Waals surface area contributed by atoms with Crippen LogP contribution in [0.5, 0.6) is 0 Å². The third-order valence-corrected chi connectivity index (χ3v) is 6.35. The molecule has 0 aromatic heterocycles. The predicted octanol–water partition coefficient (Wildman–Crippen LogP) is 3.78. The van der Waals surface area contributed by atoms with Crippen molar-refractivity contribution in [2.75, 3.05) is 4.72 Å². The molecule has 0 saturated carbocycles. The Hall–Kier alpha value is -0.890. The van der Waals surface area contributed by atoms with E-state index in [-0.39, 0.29) is 4.90 Å². The maximum atomic E-state index is 12.5. The summed E-state index contributed by atoms with van der Waals surface area (Å²) in [7, 11) is -3.68. The summed E-state index contributed by atoms with van der Waals surface area (Å²) in [6.45, 7) is 2.25. The van der Waals surface area contributed by atoms with Crippen LogP contribution >= 0.6 is 31.9 Å². The second kappa shape index (κ2) is 6.48. The van der Waals surface area contributed by atoms with Crippen molar-refractivity contribution in [1.82, 2.24) is 0 Å². The average molecular weight is 434 g/mol. The summed E-state index contributed by atoms with van der Waals surface area (Å²) >= 11 is 6.68. The minimum Gasteiger partial charge on any atom is -0.326 e. The van der Waals surface area contributed by atoms with E-state index in [9.17, 15) is 8.42 Å². The molecule has 2 rings (SSSR count). The SMILES string of the molecule is Cc1cccc(NS(=O)(=O)c2ccc(CN)cc2Br)c1Br. The predicted molar refractivity (Wildman–Crippen MR) is 91.7 cm³/mol. The zero-order valence-electron chi connectivity index (χ0n) is 11.2. The molecule has 21 heavy (non-hydrogen) atoms. The summed E-state index contributed by atoms with van der Waals surface area (Å²) in [5.74, 6) is 0. The van der Waals surface area contributed by atoms with Crippen molar-refractivity contribution in [3.63, 3.8) is 0 Å². The van der Waals surface area contributed by atoms with Crippen molar-refractivity contribution < 1.29 is 8.42 Å². The van der Waals surface area contributed by atoms with Crippen LogP contribution in [-0.4, -0.2) is 8.42 Å². The molecular formula is C14H14Br2N2O2S. The van der Waals surface area contributed by atoms with E-state index in [1.165, 1.54) is 6.07 Å². The van der Waals surface area contributed by atoms with Crippen LogP contribution in [0.15, 0.2) is 50.2 Å². The van der Waals surface area contributed by atoms with Gasteiger partial charge in [-0.05, 0) is 68.1 Å². The van der Waals surface area contributed by atoms with Crippen LogP contribution in [0.1, 0.15) is 11.1 Å². The lowest BCUT2D eigenvalue weighted by Gasteiger charge is -2.12. The average Bonchev–Trinajstić information content (AvgIpc) is 2.43. The summed E-state index contributed by atoms with van der Waals surface area (Å²) in [5, 5.41) is 0. The molecule has 0 heterocycles. The van der Waals surface area contributed by atoms with E-state index in [0.717, 1.165) is 15.6 Å². The number of nitrogens with two attached hydrogens (primary N) is 1. The van der Waals surface area contributed by atoms with Gasteiger partial charge in [0.05, 0.1) is 5.69 Å². The highest BCUT2D eigenvalue weighted by Gasteiger charge is 2.19. The van der Waals surface area contributed by atoms with Crippen LogP contribution in [0, 0.1) is 6.92 Å². The van der Waals surface area contributed by atoms with Gasteiger partial charge >= 0.3 is 0 Å². The fraction of sp³-hybridized carbons (Fsp3) is 0.143. The summed E-state index contributed by atoms with van der Waals surface area (Å²) < 4.78 is 28.8. The molecule has 0 bridgehead atoms. The lowest BCUT2D eigenvalue weighted by molar-refractivity contribution is 0.600. The lowest BCUT2D eigenvalue weighted by Crippen LogP contribution is -2.14. The molecule has 0 saturated heterocycles. The van der Waals surface area contributed by atoms with E-state index < -0.39 is 10.0 Å². The highest BCUT2D eigenvalue weighted by atomic mass is 79.9. The van der Waals surface area contributed by atoms with Crippen LogP contribution in [0.2, 0.25) is 0 Å². The molecule has 0 amide bonds. The fourth-order valence-electron chi connectivity index (χ4n) is 1.82. The van der Waals surface area contributed by atoms with Crippen LogP contribution in [0.3, 0.4) is 0 Å². The third-order valence-electron chi connectivity index (χ3n) is 2.96. The number of hydrogen-bond donors (Lipinski definition) is 2. The van der Waals surface area contributed by atoms with E-state index in [4.69, 9.17) is 5.73 Å². The first-order valence-corrected chi connectivity index (χ1v) is 9.18. The van der Waals surface area contributed by atoms with Gasteiger partial charge in [0.15, 0.2) is 0 Å². The normalized spacial score (nSPS) is 11.4. The van der Waals surface area contributed by atoms with Gasteiger partial charge in [0, 0.05) is 15.5 Å². The van der Waals surface area contributed by atoms with Crippen LogP contribution in [-0.2, 0) is 16.6 Å². The quantitative estimate of drug-likeness (QED) is 0.770. The first-order chi connectivity index (χ1) is 9.85. The van der Waals surface area contributed by atoms with Gasteiger partial charge in [-0.15, -0.1) is 0 Å². The number of benzene rings is 2. The second-order valence-corrected chi connectivity index (χ2v) is 7.81. The van der Waals surface area contributed by atoms with Crippen molar-refractivity contribution in [3.05, 3.63) is 56.5 Å². The Labute approximate surface area is 141 Å². The Morgan fingerprint density at radius 3 is 2.52 bits per heavy atom. The minimum atomic E-state index is -3.68. The summed E-state index contributed by atoms with van der Waals surface area (Å²) in [5.41, 5.74) is 7.86. The van der Waals surface area contributed by atoms with E-state index in [1.807, 2.05) is 13.0 Å². The standard InChI is InChI=1S/C14H14Br2N2O2S/c1-9-3-2-4-12(14(9)16)18-21(19,20)13-6-5-10(8-17)7-11(13)15/h2-7,18H,8,17H2,1H3. The van der Waals surface area contributed by atoms with Gasteiger partial charge in [-0.2, -0.15) is 0 Å². The Kier molecular flexibility index (Phi) is 5.08. The van der Waals surface area contributed by atoms with Gasteiger partial charge in [-0.3, -0.25) is 4.72 Å². The van der Waals surface area contributed by atoms with Crippen LogP contribution in [0.25, 0.3) is 0 Å². The summed E-state index contributed by atoms with van der Waals surface area (Å²) in [6, 6.07) is 10.3. The maximum absolute atomic E-state index is 12.5. The maximum Gasteiger partial charge on any atom is 0.263 e. The zero-order valence-corrected chi connectivity index (χ0v) is 15.2. The highest BCUT2D eigenvalue weighted by molar-refractivity contribution is 9.11. The number of nitrogens with one attached hydrogen (secondary N) is 1. The Morgan fingerprint density at radius 1 is 1.19 bits per heavy atom. The van der Waals surface area contributed by atoms with E-state index in [2.05, 4.69) is 36.6 Å². The van der Waals surface area contributed by atoms with Crippen LogP contribution < -0.4 is 10.5 Å². The van der Waals surface area contributed by atoms with Crippen molar-refractivity contribution in [1.29, 1.82) is 0 Å². The van der Waals surface area contributed by atoms with E-state index in [0.29, 0.717) is 16.7 Å². The summed E-state index contributed by atoms with van der Waals surface area (Å²) in [4.78, 5) is 0.174. The molecule has 0 radical (unpaired) electrons. The van der Waals surface area contributed by atoms with Gasteiger partial charge < -0.3 is 5.73 Å². The molecule has 0 aliphatic carbocycles. The molecule has 0 atom stereocenters. The molecule has 2 aromatic carbocycles. The number of anilines is 1. The van der Waals surface area contributed by atoms with E-state index in [1.54, 1.807) is 24.3 Å². The Balaban J connectivity index is 2.41. The van der Waals surface area contributed by atoms with Crippen molar-refractivity contribution >= 4 is 47.6 Å². The molecule has 3 N–H and O–H groups in total. The molecular weight excluding hydrogens is 420 g/mol. The first-order valence-electron chi connectivity index (χ1n) is 6.11. The molecule has 0 aliphatic heterocycles. The first kappa shape index (κ1) is 16.5. The molecule has 4 nitrogen and oxygen atoms in total. The number of rotatable bonds is 4. The molecule has 2 aromatic rings. The number of aryl methyl sites for hydroxylation is 1. The van der Waals surface area contributed by atoms with Gasteiger partial charge in [0.2, 0.25) is 0 Å². The largest absolute Gasteiger partial charge is 0.326 e. The molecule has 0 unspecified atom stereocenters. The lowest BCUT2D eigenvalue weighted by atomic mass is 10.2. The van der Waals surface area contributed by atoms with Gasteiger partial charge in [0.1, 0.15) is 4.90 Å². The monoisotopic (exact) mass is 432 g/mol.